The van der Waals surface area contributed by atoms with Crippen molar-refractivity contribution in [3.05, 3.63) is 93.7 Å². The number of nitro groups is 1. The molecular formula is C20H12F3NO4. The van der Waals surface area contributed by atoms with Crippen LogP contribution >= 0.6 is 0 Å². The van der Waals surface area contributed by atoms with Gasteiger partial charge in [-0.2, -0.15) is 13.2 Å². The summed E-state index contributed by atoms with van der Waals surface area (Å²) in [6, 6.07) is 13.0. The fraction of sp³-hybridized carbons (Fsp3) is 0.0500. The molecule has 0 radical (unpaired) electrons. The van der Waals surface area contributed by atoms with Crippen LogP contribution in [0.5, 0.6) is 0 Å². The van der Waals surface area contributed by atoms with Gasteiger partial charge in [0.25, 0.3) is 5.69 Å². The molecule has 0 spiro atoms. The maximum atomic E-state index is 12.8. The number of hydrogen-bond acceptors (Lipinski definition) is 4. The van der Waals surface area contributed by atoms with Crippen LogP contribution in [0.2, 0.25) is 0 Å². The monoisotopic (exact) mass is 387 g/mol. The standard InChI is InChI=1S/C20H12F3NO4/c21-20(22,23)15-5-1-4-14(11-15)19-10-8-17(28-19)7-9-18(25)13-3-2-6-16(12-13)24(26)27/h1-12H/b9-7+. The van der Waals surface area contributed by atoms with Crippen LogP contribution in [0.1, 0.15) is 21.7 Å². The SMILES string of the molecule is O=C(/C=C/c1ccc(-c2cccc(C(F)(F)F)c2)o1)c1cccc([N+](=O)[O-])c1. The number of alkyl halides is 3. The van der Waals surface area contributed by atoms with Gasteiger partial charge in [0.15, 0.2) is 5.78 Å². The number of ketones is 1. The molecule has 0 atom stereocenters. The van der Waals surface area contributed by atoms with Gasteiger partial charge in [-0.15, -0.1) is 0 Å². The predicted molar refractivity (Wildman–Crippen MR) is 95.6 cm³/mol. The van der Waals surface area contributed by atoms with Crippen LogP contribution in [0.4, 0.5) is 18.9 Å². The van der Waals surface area contributed by atoms with Crippen LogP contribution in [0.15, 0.2) is 71.2 Å². The van der Waals surface area contributed by atoms with Gasteiger partial charge < -0.3 is 4.42 Å². The van der Waals surface area contributed by atoms with Crippen LogP contribution < -0.4 is 0 Å². The van der Waals surface area contributed by atoms with Crippen molar-refractivity contribution in [2.75, 3.05) is 0 Å². The largest absolute Gasteiger partial charge is 0.457 e. The van der Waals surface area contributed by atoms with Crippen LogP contribution in [-0.2, 0) is 6.18 Å². The van der Waals surface area contributed by atoms with E-state index in [9.17, 15) is 28.1 Å². The molecule has 0 aliphatic rings. The highest BCUT2D eigenvalue weighted by Crippen LogP contribution is 2.32. The van der Waals surface area contributed by atoms with Crippen molar-refractivity contribution in [3.63, 3.8) is 0 Å². The van der Waals surface area contributed by atoms with Gasteiger partial charge in [-0.25, -0.2) is 0 Å². The Morgan fingerprint density at radius 1 is 1.04 bits per heavy atom. The molecule has 0 saturated carbocycles. The summed E-state index contributed by atoms with van der Waals surface area (Å²) in [5, 5.41) is 10.8. The summed E-state index contributed by atoms with van der Waals surface area (Å²) in [6.45, 7) is 0. The minimum atomic E-state index is -4.46. The number of allylic oxidation sites excluding steroid dienone is 1. The molecule has 28 heavy (non-hydrogen) atoms. The molecule has 1 aromatic heterocycles. The van der Waals surface area contributed by atoms with E-state index < -0.39 is 22.4 Å². The summed E-state index contributed by atoms with van der Waals surface area (Å²) in [5.41, 5.74) is -0.613. The zero-order valence-electron chi connectivity index (χ0n) is 14.1. The number of rotatable bonds is 5. The van der Waals surface area contributed by atoms with Gasteiger partial charge in [0.1, 0.15) is 11.5 Å². The van der Waals surface area contributed by atoms with E-state index in [1.807, 2.05) is 0 Å². The van der Waals surface area contributed by atoms with Crippen LogP contribution in [0, 0.1) is 10.1 Å². The molecule has 0 saturated heterocycles. The third-order valence-corrected chi connectivity index (χ3v) is 3.84. The predicted octanol–water partition coefficient (Wildman–Crippen LogP) is 5.77. The fourth-order valence-corrected chi connectivity index (χ4v) is 2.47. The summed E-state index contributed by atoms with van der Waals surface area (Å²) in [5.74, 6) is 0.000425. The topological polar surface area (TPSA) is 73.3 Å². The molecule has 0 aliphatic carbocycles. The van der Waals surface area contributed by atoms with Gasteiger partial charge in [-0.3, -0.25) is 14.9 Å². The number of nitro benzene ring substituents is 1. The highest BCUT2D eigenvalue weighted by molar-refractivity contribution is 6.07. The van der Waals surface area contributed by atoms with Crippen molar-refractivity contribution in [1.29, 1.82) is 0 Å². The van der Waals surface area contributed by atoms with E-state index in [0.29, 0.717) is 0 Å². The van der Waals surface area contributed by atoms with Crippen molar-refractivity contribution in [2.45, 2.75) is 6.18 Å². The minimum Gasteiger partial charge on any atom is -0.457 e. The lowest BCUT2D eigenvalue weighted by Gasteiger charge is -2.07. The summed E-state index contributed by atoms with van der Waals surface area (Å²) in [4.78, 5) is 22.3. The molecule has 0 bridgehead atoms. The Bertz CT molecular complexity index is 1070. The van der Waals surface area contributed by atoms with Gasteiger partial charge in [0.2, 0.25) is 0 Å². The second-order valence-corrected chi connectivity index (χ2v) is 5.79. The average molecular weight is 387 g/mol. The van der Waals surface area contributed by atoms with Crippen molar-refractivity contribution >= 4 is 17.5 Å². The Kier molecular flexibility index (Phi) is 5.12. The Balaban J connectivity index is 1.79. The molecule has 0 fully saturated rings. The smallest absolute Gasteiger partial charge is 0.416 e. The first-order valence-electron chi connectivity index (χ1n) is 7.98. The fourth-order valence-electron chi connectivity index (χ4n) is 2.47. The number of benzene rings is 2. The molecule has 2 aromatic carbocycles. The quantitative estimate of drug-likeness (QED) is 0.241. The minimum absolute atomic E-state index is 0.134. The van der Waals surface area contributed by atoms with E-state index in [1.54, 1.807) is 0 Å². The molecule has 0 aliphatic heterocycles. The average Bonchev–Trinajstić information content (AvgIpc) is 3.14. The van der Waals surface area contributed by atoms with Crippen LogP contribution in [0.25, 0.3) is 17.4 Å². The number of carbonyl (C=O) groups is 1. The van der Waals surface area contributed by atoms with E-state index in [2.05, 4.69) is 0 Å². The molecule has 5 nitrogen and oxygen atoms in total. The Morgan fingerprint density at radius 3 is 2.50 bits per heavy atom. The molecule has 0 amide bonds. The van der Waals surface area contributed by atoms with Gasteiger partial charge >= 0.3 is 6.18 Å². The first-order valence-corrected chi connectivity index (χ1v) is 7.98. The van der Waals surface area contributed by atoms with Gasteiger partial charge in [-0.1, -0.05) is 24.3 Å². The third-order valence-electron chi connectivity index (χ3n) is 3.84. The number of nitrogens with zero attached hydrogens (tertiary/aromatic N) is 1. The Labute approximate surface area is 156 Å². The maximum Gasteiger partial charge on any atom is 0.416 e. The van der Waals surface area contributed by atoms with Crippen molar-refractivity contribution in [2.24, 2.45) is 0 Å². The maximum absolute atomic E-state index is 12.8. The van der Waals surface area contributed by atoms with E-state index in [0.717, 1.165) is 18.2 Å². The zero-order valence-corrected chi connectivity index (χ0v) is 14.1. The highest BCUT2D eigenvalue weighted by atomic mass is 19.4. The summed E-state index contributed by atoms with van der Waals surface area (Å²) >= 11 is 0. The van der Waals surface area contributed by atoms with E-state index in [-0.39, 0.29) is 28.3 Å². The molecule has 3 rings (SSSR count). The normalized spacial score (nSPS) is 11.7. The first kappa shape index (κ1) is 19.1. The van der Waals surface area contributed by atoms with Crippen molar-refractivity contribution in [1.82, 2.24) is 0 Å². The van der Waals surface area contributed by atoms with Crippen molar-refractivity contribution in [3.8, 4) is 11.3 Å². The Morgan fingerprint density at radius 2 is 1.79 bits per heavy atom. The van der Waals surface area contributed by atoms with E-state index >= 15 is 0 Å². The van der Waals surface area contributed by atoms with E-state index in [4.69, 9.17) is 4.42 Å². The second-order valence-electron chi connectivity index (χ2n) is 5.79. The van der Waals surface area contributed by atoms with E-state index in [1.165, 1.54) is 54.6 Å². The number of halogens is 3. The van der Waals surface area contributed by atoms with Gasteiger partial charge in [-0.05, 0) is 36.4 Å². The molecule has 142 valence electrons. The summed E-state index contributed by atoms with van der Waals surface area (Å²) in [7, 11) is 0. The molecule has 0 N–H and O–H groups in total. The molecule has 3 aromatic rings. The Hall–Kier alpha value is -3.68. The number of carbonyl (C=O) groups excluding carboxylic acids is 1. The summed E-state index contributed by atoms with van der Waals surface area (Å²) < 4.78 is 43.9. The number of hydrogen-bond donors (Lipinski definition) is 0. The molecule has 0 unspecified atom stereocenters. The lowest BCUT2D eigenvalue weighted by atomic mass is 10.1. The molecular weight excluding hydrogens is 375 g/mol. The summed E-state index contributed by atoms with van der Waals surface area (Å²) in [6.07, 6.45) is -1.94. The van der Waals surface area contributed by atoms with Gasteiger partial charge in [0.05, 0.1) is 10.5 Å². The van der Waals surface area contributed by atoms with Crippen molar-refractivity contribution < 1.29 is 27.3 Å². The third kappa shape index (κ3) is 4.35. The van der Waals surface area contributed by atoms with Crippen LogP contribution in [0.3, 0.4) is 0 Å². The lowest BCUT2D eigenvalue weighted by Crippen LogP contribution is -2.04. The number of non-ortho nitro benzene ring substituents is 1. The lowest BCUT2D eigenvalue weighted by molar-refractivity contribution is -0.384. The van der Waals surface area contributed by atoms with Gasteiger partial charge in [0, 0.05) is 23.3 Å². The number of furan rings is 1. The van der Waals surface area contributed by atoms with Crippen LogP contribution in [-0.4, -0.2) is 10.7 Å². The molecule has 1 heterocycles. The molecule has 8 heteroatoms. The second kappa shape index (κ2) is 7.51. The highest BCUT2D eigenvalue weighted by Gasteiger charge is 2.30. The first-order chi connectivity index (χ1) is 13.2. The zero-order chi connectivity index (χ0) is 20.3.